The fourth-order valence-electron chi connectivity index (χ4n) is 1.90. The normalized spacial score (nSPS) is 19.6. The molecule has 2 heteroatoms. The van der Waals surface area contributed by atoms with Crippen LogP contribution in [-0.4, -0.2) is 4.98 Å². The van der Waals surface area contributed by atoms with Crippen molar-refractivity contribution in [2.45, 2.75) is 33.1 Å². The Kier molecular flexibility index (Phi) is 2.07. The molecule has 1 aromatic heterocycles. The first-order chi connectivity index (χ1) is 6.07. The van der Waals surface area contributed by atoms with Crippen molar-refractivity contribution >= 4 is 11.6 Å². The Morgan fingerprint density at radius 3 is 2.92 bits per heavy atom. The third kappa shape index (κ3) is 1.86. The molecule has 0 unspecified atom stereocenters. The van der Waals surface area contributed by atoms with E-state index in [9.17, 15) is 0 Å². The van der Waals surface area contributed by atoms with Crippen molar-refractivity contribution in [1.82, 2.24) is 4.98 Å². The quantitative estimate of drug-likeness (QED) is 0.580. The summed E-state index contributed by atoms with van der Waals surface area (Å²) in [6, 6.07) is 4.00. The van der Waals surface area contributed by atoms with Gasteiger partial charge in [0.1, 0.15) is 5.15 Å². The van der Waals surface area contributed by atoms with E-state index in [0.717, 1.165) is 12.8 Å². The number of halogens is 1. The molecule has 0 N–H and O–H groups in total. The largest absolute Gasteiger partial charge is 0.241 e. The minimum atomic E-state index is 0.394. The standard InChI is InChI=1S/C11H14ClN/c1-11(2)6-5-8-3-4-10(12)13-9(8)7-11/h3-4H,5-7H2,1-2H3. The van der Waals surface area contributed by atoms with Gasteiger partial charge in [0.15, 0.2) is 0 Å². The highest BCUT2D eigenvalue weighted by molar-refractivity contribution is 6.29. The smallest absolute Gasteiger partial charge is 0.129 e. The van der Waals surface area contributed by atoms with Crippen molar-refractivity contribution in [3.63, 3.8) is 0 Å². The van der Waals surface area contributed by atoms with Crippen LogP contribution in [-0.2, 0) is 12.8 Å². The predicted octanol–water partition coefficient (Wildman–Crippen LogP) is 3.25. The predicted molar refractivity (Wildman–Crippen MR) is 55.1 cm³/mol. The number of aryl methyl sites for hydroxylation is 1. The minimum absolute atomic E-state index is 0.394. The van der Waals surface area contributed by atoms with Crippen molar-refractivity contribution < 1.29 is 0 Å². The highest BCUT2D eigenvalue weighted by atomic mass is 35.5. The third-order valence-electron chi connectivity index (χ3n) is 2.75. The highest BCUT2D eigenvalue weighted by Gasteiger charge is 2.25. The molecule has 0 amide bonds. The molecule has 2 rings (SSSR count). The van der Waals surface area contributed by atoms with E-state index in [1.165, 1.54) is 17.7 Å². The van der Waals surface area contributed by atoms with Gasteiger partial charge in [0.25, 0.3) is 0 Å². The second-order valence-corrected chi connectivity index (χ2v) is 4.97. The molecule has 0 saturated carbocycles. The maximum absolute atomic E-state index is 5.86. The van der Waals surface area contributed by atoms with E-state index < -0.39 is 0 Å². The van der Waals surface area contributed by atoms with Crippen molar-refractivity contribution in [2.75, 3.05) is 0 Å². The van der Waals surface area contributed by atoms with Crippen LogP contribution in [0.25, 0.3) is 0 Å². The van der Waals surface area contributed by atoms with Crippen LogP contribution in [0.15, 0.2) is 12.1 Å². The van der Waals surface area contributed by atoms with E-state index in [1.54, 1.807) is 0 Å². The van der Waals surface area contributed by atoms with Gasteiger partial charge >= 0.3 is 0 Å². The maximum atomic E-state index is 5.86. The topological polar surface area (TPSA) is 12.9 Å². The number of nitrogens with zero attached hydrogens (tertiary/aromatic N) is 1. The summed E-state index contributed by atoms with van der Waals surface area (Å²) in [6.45, 7) is 4.58. The van der Waals surface area contributed by atoms with Crippen LogP contribution in [0.4, 0.5) is 0 Å². The lowest BCUT2D eigenvalue weighted by molar-refractivity contribution is 0.310. The lowest BCUT2D eigenvalue weighted by atomic mass is 9.76. The summed E-state index contributed by atoms with van der Waals surface area (Å²) in [7, 11) is 0. The lowest BCUT2D eigenvalue weighted by Crippen LogP contribution is -2.23. The Labute approximate surface area is 84.1 Å². The fraction of sp³-hybridized carbons (Fsp3) is 0.545. The van der Waals surface area contributed by atoms with Crippen LogP contribution in [0, 0.1) is 5.41 Å². The van der Waals surface area contributed by atoms with E-state index >= 15 is 0 Å². The van der Waals surface area contributed by atoms with E-state index in [2.05, 4.69) is 24.9 Å². The first-order valence-corrected chi connectivity index (χ1v) is 5.09. The van der Waals surface area contributed by atoms with Gasteiger partial charge in [0.2, 0.25) is 0 Å². The SMILES string of the molecule is CC1(C)CCc2ccc(Cl)nc2C1. The monoisotopic (exact) mass is 195 g/mol. The summed E-state index contributed by atoms with van der Waals surface area (Å²) < 4.78 is 0. The van der Waals surface area contributed by atoms with Gasteiger partial charge in [-0.15, -0.1) is 0 Å². The number of hydrogen-bond acceptors (Lipinski definition) is 1. The molecular formula is C11H14ClN. The van der Waals surface area contributed by atoms with Gasteiger partial charge in [-0.3, -0.25) is 0 Å². The van der Waals surface area contributed by atoms with Gasteiger partial charge in [0.05, 0.1) is 0 Å². The fourth-order valence-corrected chi connectivity index (χ4v) is 2.06. The minimum Gasteiger partial charge on any atom is -0.241 e. The maximum Gasteiger partial charge on any atom is 0.129 e. The van der Waals surface area contributed by atoms with Crippen LogP contribution in [0.2, 0.25) is 5.15 Å². The zero-order chi connectivity index (χ0) is 9.47. The van der Waals surface area contributed by atoms with Gasteiger partial charge in [-0.1, -0.05) is 31.5 Å². The molecule has 1 aliphatic carbocycles. The van der Waals surface area contributed by atoms with Crippen LogP contribution in [0.3, 0.4) is 0 Å². The van der Waals surface area contributed by atoms with Crippen molar-refractivity contribution in [1.29, 1.82) is 0 Å². The number of aromatic nitrogens is 1. The molecule has 1 aliphatic rings. The third-order valence-corrected chi connectivity index (χ3v) is 2.96. The van der Waals surface area contributed by atoms with Crippen molar-refractivity contribution in [3.8, 4) is 0 Å². The van der Waals surface area contributed by atoms with Crippen molar-refractivity contribution in [3.05, 3.63) is 28.5 Å². The molecule has 0 fully saturated rings. The number of fused-ring (bicyclic) bond motifs is 1. The van der Waals surface area contributed by atoms with E-state index in [4.69, 9.17) is 11.6 Å². The average molecular weight is 196 g/mol. The van der Waals surface area contributed by atoms with E-state index in [0.29, 0.717) is 10.6 Å². The Balaban J connectivity index is 2.38. The zero-order valence-corrected chi connectivity index (χ0v) is 8.86. The molecule has 13 heavy (non-hydrogen) atoms. The molecule has 0 aromatic carbocycles. The number of rotatable bonds is 0. The molecule has 70 valence electrons. The highest BCUT2D eigenvalue weighted by Crippen LogP contribution is 2.33. The van der Waals surface area contributed by atoms with Crippen LogP contribution in [0.5, 0.6) is 0 Å². The first-order valence-electron chi connectivity index (χ1n) is 4.71. The number of pyridine rings is 1. The molecule has 0 spiro atoms. The molecule has 0 atom stereocenters. The van der Waals surface area contributed by atoms with E-state index in [1.807, 2.05) is 6.07 Å². The summed E-state index contributed by atoms with van der Waals surface area (Å²) in [5, 5.41) is 0.622. The second-order valence-electron chi connectivity index (χ2n) is 4.58. The molecule has 1 aromatic rings. The lowest BCUT2D eigenvalue weighted by Gasteiger charge is -2.30. The number of hydrogen-bond donors (Lipinski definition) is 0. The zero-order valence-electron chi connectivity index (χ0n) is 8.10. The summed E-state index contributed by atoms with van der Waals surface area (Å²) in [6.07, 6.45) is 3.46. The average Bonchev–Trinajstić information content (AvgIpc) is 2.01. The Morgan fingerprint density at radius 2 is 2.15 bits per heavy atom. The summed E-state index contributed by atoms with van der Waals surface area (Å²) in [5.41, 5.74) is 2.97. The van der Waals surface area contributed by atoms with Gasteiger partial charge < -0.3 is 0 Å². The second kappa shape index (κ2) is 2.98. The van der Waals surface area contributed by atoms with Crippen LogP contribution in [0.1, 0.15) is 31.5 Å². The van der Waals surface area contributed by atoms with Crippen LogP contribution < -0.4 is 0 Å². The van der Waals surface area contributed by atoms with Gasteiger partial charge in [-0.05, 0) is 36.3 Å². The summed E-state index contributed by atoms with van der Waals surface area (Å²) in [4.78, 5) is 4.37. The summed E-state index contributed by atoms with van der Waals surface area (Å²) in [5.74, 6) is 0. The molecule has 0 saturated heterocycles. The molecule has 0 aliphatic heterocycles. The molecule has 1 nitrogen and oxygen atoms in total. The van der Waals surface area contributed by atoms with E-state index in [-0.39, 0.29) is 0 Å². The van der Waals surface area contributed by atoms with Gasteiger partial charge in [0, 0.05) is 5.69 Å². The molecule has 0 radical (unpaired) electrons. The van der Waals surface area contributed by atoms with Gasteiger partial charge in [-0.25, -0.2) is 4.98 Å². The Bertz CT molecular complexity index is 331. The van der Waals surface area contributed by atoms with Crippen LogP contribution >= 0.6 is 11.6 Å². The molecule has 0 bridgehead atoms. The summed E-state index contributed by atoms with van der Waals surface area (Å²) >= 11 is 5.86. The first kappa shape index (κ1) is 9.01. The van der Waals surface area contributed by atoms with Gasteiger partial charge in [-0.2, -0.15) is 0 Å². The molecular weight excluding hydrogens is 182 g/mol. The Hall–Kier alpha value is -0.560. The Morgan fingerprint density at radius 1 is 1.38 bits per heavy atom. The van der Waals surface area contributed by atoms with Crippen molar-refractivity contribution in [2.24, 2.45) is 5.41 Å². The molecule has 1 heterocycles.